The molecule has 0 unspecified atom stereocenters. The number of nitrogens with zero attached hydrogens (tertiary/aromatic N) is 3. The quantitative estimate of drug-likeness (QED) is 0.626. The van der Waals surface area contributed by atoms with E-state index in [1.807, 2.05) is 0 Å². The van der Waals surface area contributed by atoms with Crippen LogP contribution in [0.4, 0.5) is 11.6 Å². The summed E-state index contributed by atoms with van der Waals surface area (Å²) in [6, 6.07) is 4.43. The van der Waals surface area contributed by atoms with Gasteiger partial charge in [-0.25, -0.2) is 5.10 Å². The molecule has 92 valence electrons. The van der Waals surface area contributed by atoms with E-state index >= 15 is 0 Å². The van der Waals surface area contributed by atoms with Crippen molar-refractivity contribution in [1.29, 1.82) is 0 Å². The highest BCUT2D eigenvalue weighted by atomic mass is 16.6. The molecule has 0 aliphatic carbocycles. The minimum Gasteiger partial charge on any atom is -0.291 e. The first kappa shape index (κ1) is 11.7. The molecule has 2 aromatic rings. The van der Waals surface area contributed by atoms with Crippen LogP contribution in [-0.2, 0) is 0 Å². The van der Waals surface area contributed by atoms with E-state index in [-0.39, 0.29) is 17.2 Å². The standard InChI is InChI=1S/C10H9N5O3/c1-6-3-2-4-7(15(17)18)8(6)9(16)13-10-11-5-12-14-10/h2-5H,1H3,(H2,11,12,13,14,16). The maximum Gasteiger partial charge on any atom is 0.282 e. The van der Waals surface area contributed by atoms with Crippen molar-refractivity contribution in [2.24, 2.45) is 0 Å². The molecule has 8 heteroatoms. The van der Waals surface area contributed by atoms with Gasteiger partial charge in [-0.15, -0.1) is 0 Å². The first-order valence-electron chi connectivity index (χ1n) is 5.00. The van der Waals surface area contributed by atoms with E-state index in [2.05, 4.69) is 20.5 Å². The Morgan fingerprint density at radius 1 is 1.50 bits per heavy atom. The summed E-state index contributed by atoms with van der Waals surface area (Å²) < 4.78 is 0. The minimum atomic E-state index is -0.600. The van der Waals surface area contributed by atoms with E-state index in [1.165, 1.54) is 18.5 Å². The molecule has 8 nitrogen and oxygen atoms in total. The average Bonchev–Trinajstić information content (AvgIpc) is 2.81. The summed E-state index contributed by atoms with van der Waals surface area (Å²) in [6.45, 7) is 1.63. The van der Waals surface area contributed by atoms with Crippen LogP contribution in [0.1, 0.15) is 15.9 Å². The van der Waals surface area contributed by atoms with Crippen LogP contribution >= 0.6 is 0 Å². The number of hydrogen-bond donors (Lipinski definition) is 2. The van der Waals surface area contributed by atoms with E-state index in [4.69, 9.17) is 0 Å². The van der Waals surface area contributed by atoms with Gasteiger partial charge in [0.05, 0.1) is 4.92 Å². The van der Waals surface area contributed by atoms with Crippen molar-refractivity contribution in [1.82, 2.24) is 15.2 Å². The van der Waals surface area contributed by atoms with Gasteiger partial charge in [0.25, 0.3) is 11.6 Å². The maximum atomic E-state index is 12.0. The van der Waals surface area contributed by atoms with E-state index in [0.29, 0.717) is 5.56 Å². The monoisotopic (exact) mass is 247 g/mol. The molecule has 1 amide bonds. The lowest BCUT2D eigenvalue weighted by atomic mass is 10.1. The number of carbonyl (C=O) groups excluding carboxylic acids is 1. The third-order valence-electron chi connectivity index (χ3n) is 2.32. The number of amides is 1. The van der Waals surface area contributed by atoms with Crippen LogP contribution in [0, 0.1) is 17.0 Å². The second-order valence-corrected chi connectivity index (χ2v) is 3.51. The van der Waals surface area contributed by atoms with Gasteiger partial charge in [-0.2, -0.15) is 10.1 Å². The molecular weight excluding hydrogens is 238 g/mol. The lowest BCUT2D eigenvalue weighted by Gasteiger charge is -2.05. The van der Waals surface area contributed by atoms with Crippen LogP contribution in [0.15, 0.2) is 24.5 Å². The van der Waals surface area contributed by atoms with Gasteiger partial charge in [-0.1, -0.05) is 12.1 Å². The van der Waals surface area contributed by atoms with Crippen molar-refractivity contribution in [2.75, 3.05) is 5.32 Å². The van der Waals surface area contributed by atoms with E-state index in [1.54, 1.807) is 13.0 Å². The SMILES string of the molecule is Cc1cccc([N+](=O)[O-])c1C(=O)Nc1ncn[nH]1. The number of nitro groups is 1. The predicted octanol–water partition coefficient (Wildman–Crippen LogP) is 1.27. The Bertz CT molecular complexity index is 594. The normalized spacial score (nSPS) is 10.1. The number of aromatic amines is 1. The Hall–Kier alpha value is -2.77. The van der Waals surface area contributed by atoms with Gasteiger partial charge in [0.1, 0.15) is 11.9 Å². The van der Waals surface area contributed by atoms with Gasteiger partial charge in [-0.3, -0.25) is 20.2 Å². The van der Waals surface area contributed by atoms with Crippen molar-refractivity contribution in [3.05, 3.63) is 45.8 Å². The summed E-state index contributed by atoms with van der Waals surface area (Å²) in [5.74, 6) is -0.464. The summed E-state index contributed by atoms with van der Waals surface area (Å²) in [5, 5.41) is 19.3. The molecule has 0 aliphatic heterocycles. The van der Waals surface area contributed by atoms with Crippen LogP contribution in [0.25, 0.3) is 0 Å². The van der Waals surface area contributed by atoms with Gasteiger partial charge in [0, 0.05) is 6.07 Å². The van der Waals surface area contributed by atoms with Gasteiger partial charge in [0.2, 0.25) is 5.95 Å². The Morgan fingerprint density at radius 2 is 2.28 bits per heavy atom. The molecule has 18 heavy (non-hydrogen) atoms. The van der Waals surface area contributed by atoms with Crippen LogP contribution in [0.5, 0.6) is 0 Å². The van der Waals surface area contributed by atoms with Gasteiger partial charge < -0.3 is 0 Å². The molecule has 0 saturated carbocycles. The Labute approximate surface area is 101 Å². The van der Waals surface area contributed by atoms with Crippen LogP contribution in [-0.4, -0.2) is 26.0 Å². The zero-order valence-corrected chi connectivity index (χ0v) is 9.38. The minimum absolute atomic E-state index is 0.0129. The highest BCUT2D eigenvalue weighted by Crippen LogP contribution is 2.22. The fourth-order valence-electron chi connectivity index (χ4n) is 1.54. The third kappa shape index (κ3) is 2.17. The largest absolute Gasteiger partial charge is 0.291 e. The van der Waals surface area contributed by atoms with Crippen molar-refractivity contribution in [3.8, 4) is 0 Å². The molecule has 0 bridgehead atoms. The fourth-order valence-corrected chi connectivity index (χ4v) is 1.54. The molecule has 0 fully saturated rings. The Balaban J connectivity index is 2.38. The smallest absolute Gasteiger partial charge is 0.282 e. The summed E-state index contributed by atoms with van der Waals surface area (Å²) in [5.41, 5.74) is 0.284. The van der Waals surface area contributed by atoms with Gasteiger partial charge in [-0.05, 0) is 12.5 Å². The first-order chi connectivity index (χ1) is 8.59. The second-order valence-electron chi connectivity index (χ2n) is 3.51. The Morgan fingerprint density at radius 3 is 2.89 bits per heavy atom. The third-order valence-corrected chi connectivity index (χ3v) is 2.32. The number of anilines is 1. The van der Waals surface area contributed by atoms with Crippen LogP contribution in [0.2, 0.25) is 0 Å². The maximum absolute atomic E-state index is 12.0. The van der Waals surface area contributed by atoms with Crippen molar-refractivity contribution in [2.45, 2.75) is 6.92 Å². The number of carbonyl (C=O) groups is 1. The number of H-pyrrole nitrogens is 1. The predicted molar refractivity (Wildman–Crippen MR) is 62.2 cm³/mol. The van der Waals surface area contributed by atoms with E-state index < -0.39 is 10.8 Å². The highest BCUT2D eigenvalue weighted by molar-refractivity contribution is 6.07. The number of aryl methyl sites for hydroxylation is 1. The van der Waals surface area contributed by atoms with E-state index in [0.717, 1.165) is 0 Å². The molecular formula is C10H9N5O3. The zero-order valence-electron chi connectivity index (χ0n) is 9.38. The summed E-state index contributed by atoms with van der Waals surface area (Å²) in [7, 11) is 0. The molecule has 0 spiro atoms. The summed E-state index contributed by atoms with van der Waals surface area (Å²) in [4.78, 5) is 25.9. The zero-order chi connectivity index (χ0) is 13.1. The number of benzene rings is 1. The average molecular weight is 247 g/mol. The number of hydrogen-bond acceptors (Lipinski definition) is 5. The first-order valence-corrected chi connectivity index (χ1v) is 5.00. The topological polar surface area (TPSA) is 114 Å². The second kappa shape index (κ2) is 4.62. The molecule has 0 atom stereocenters. The molecule has 1 aromatic heterocycles. The molecule has 0 radical (unpaired) electrons. The number of nitrogens with one attached hydrogen (secondary N) is 2. The molecule has 1 aromatic carbocycles. The van der Waals surface area contributed by atoms with Gasteiger partial charge >= 0.3 is 0 Å². The Kier molecular flexibility index (Phi) is 3.00. The number of rotatable bonds is 3. The molecule has 2 N–H and O–H groups in total. The molecule has 2 rings (SSSR count). The lowest BCUT2D eigenvalue weighted by Crippen LogP contribution is -2.16. The van der Waals surface area contributed by atoms with Crippen LogP contribution in [0.3, 0.4) is 0 Å². The molecule has 0 aliphatic rings. The molecule has 0 saturated heterocycles. The highest BCUT2D eigenvalue weighted by Gasteiger charge is 2.22. The molecule has 1 heterocycles. The van der Waals surface area contributed by atoms with Crippen LogP contribution < -0.4 is 5.32 Å². The number of nitro benzene ring substituents is 1. The fraction of sp³-hybridized carbons (Fsp3) is 0.100. The lowest BCUT2D eigenvalue weighted by molar-refractivity contribution is -0.385. The van der Waals surface area contributed by atoms with Crippen molar-refractivity contribution < 1.29 is 9.72 Å². The summed E-state index contributed by atoms with van der Waals surface area (Å²) in [6.07, 6.45) is 1.22. The summed E-state index contributed by atoms with van der Waals surface area (Å²) >= 11 is 0. The van der Waals surface area contributed by atoms with Crippen molar-refractivity contribution in [3.63, 3.8) is 0 Å². The van der Waals surface area contributed by atoms with Gasteiger partial charge in [0.15, 0.2) is 0 Å². The van der Waals surface area contributed by atoms with Crippen molar-refractivity contribution >= 4 is 17.5 Å². The van der Waals surface area contributed by atoms with E-state index in [9.17, 15) is 14.9 Å². The number of aromatic nitrogens is 3.